The second-order valence-electron chi connectivity index (χ2n) is 10.4. The number of nitrogens with zero attached hydrogens (tertiary/aromatic N) is 2. The summed E-state index contributed by atoms with van der Waals surface area (Å²) in [6.07, 6.45) is 3.75. The average molecular weight is 485 g/mol. The molecular weight excluding hydrogens is 454 g/mol. The number of anilines is 1. The quantitative estimate of drug-likeness (QED) is 0.429. The van der Waals surface area contributed by atoms with E-state index in [9.17, 15) is 14.7 Å². The summed E-state index contributed by atoms with van der Waals surface area (Å²) in [5, 5.41) is 14.9. The molecule has 7 nitrogen and oxygen atoms in total. The van der Waals surface area contributed by atoms with E-state index >= 15 is 0 Å². The van der Waals surface area contributed by atoms with Crippen LogP contribution in [0.15, 0.2) is 72.9 Å². The Labute approximate surface area is 210 Å². The number of benzene rings is 2. The highest BCUT2D eigenvalue weighted by Gasteiger charge is 2.52. The van der Waals surface area contributed by atoms with Crippen molar-refractivity contribution in [1.82, 2.24) is 4.98 Å². The van der Waals surface area contributed by atoms with Gasteiger partial charge in [-0.15, -0.1) is 0 Å². The molecule has 1 aromatic heterocycles. The van der Waals surface area contributed by atoms with Crippen LogP contribution in [0.1, 0.15) is 35.1 Å². The monoisotopic (exact) mass is 484 g/mol. The minimum absolute atomic E-state index is 0.0899. The van der Waals surface area contributed by atoms with E-state index < -0.39 is 11.6 Å². The van der Waals surface area contributed by atoms with E-state index in [1.54, 1.807) is 12.3 Å². The molecule has 1 unspecified atom stereocenters. The Morgan fingerprint density at radius 2 is 1.61 bits per heavy atom. The Kier molecular flexibility index (Phi) is 5.62. The number of piperidine rings is 3. The van der Waals surface area contributed by atoms with Crippen LogP contribution in [-0.4, -0.2) is 58.7 Å². The number of carbonyl (C=O) groups excluding carboxylic acids is 2. The number of aliphatic hydroxyl groups is 1. The third kappa shape index (κ3) is 3.88. The predicted octanol–water partition coefficient (Wildman–Crippen LogP) is 3.01. The minimum atomic E-state index is -1.85. The molecule has 2 aromatic carbocycles. The molecule has 1 aliphatic carbocycles. The van der Waals surface area contributed by atoms with Crippen molar-refractivity contribution in [2.24, 2.45) is 5.92 Å². The lowest BCUT2D eigenvalue weighted by atomic mass is 9.74. The summed E-state index contributed by atoms with van der Waals surface area (Å²) in [6, 6.07) is 20.5. The normalized spacial score (nSPS) is 25.4. The molecule has 184 valence electrons. The fourth-order valence-electron chi connectivity index (χ4n) is 6.35. The molecule has 0 saturated carbocycles. The number of hydrogen-bond acceptors (Lipinski definition) is 5. The van der Waals surface area contributed by atoms with E-state index in [1.807, 2.05) is 60.7 Å². The molecule has 3 fully saturated rings. The van der Waals surface area contributed by atoms with Crippen molar-refractivity contribution in [2.45, 2.75) is 31.0 Å². The first kappa shape index (κ1) is 22.9. The topological polar surface area (TPSA) is 88.5 Å². The van der Waals surface area contributed by atoms with Gasteiger partial charge in [0.1, 0.15) is 12.4 Å². The van der Waals surface area contributed by atoms with Gasteiger partial charge in [-0.25, -0.2) is 9.78 Å². The standard InChI is InChI=1S/C29H29N3O4/c33-27(31-26-11-5-6-14-30-26)19-32-15-12-20(13-16-32)25(18-32)36-28(34)29(35)23-9-3-1-7-21(23)17-22-8-2-4-10-24(22)29/h1-11,14,20,25,35H,12-13,15-19H2/p+1. The van der Waals surface area contributed by atoms with Crippen LogP contribution in [0.4, 0.5) is 5.82 Å². The number of hydrogen-bond donors (Lipinski definition) is 2. The number of esters is 1. The number of quaternary nitrogens is 1. The largest absolute Gasteiger partial charge is 0.453 e. The average Bonchev–Trinajstić information content (AvgIpc) is 2.90. The van der Waals surface area contributed by atoms with Crippen molar-refractivity contribution in [3.8, 4) is 0 Å². The highest BCUT2D eigenvalue weighted by Crippen LogP contribution is 2.42. The van der Waals surface area contributed by atoms with Gasteiger partial charge in [-0.1, -0.05) is 54.6 Å². The number of ether oxygens (including phenoxy) is 1. The summed E-state index contributed by atoms with van der Waals surface area (Å²) in [7, 11) is 0. The number of carbonyl (C=O) groups is 2. The molecule has 4 aliphatic rings. The molecule has 3 aliphatic heterocycles. The smallest absolute Gasteiger partial charge is 0.348 e. The number of fused-ring (bicyclic) bond motifs is 5. The molecule has 2 bridgehead atoms. The number of aromatic nitrogens is 1. The summed E-state index contributed by atoms with van der Waals surface area (Å²) < 4.78 is 6.74. The van der Waals surface area contributed by atoms with Gasteiger partial charge in [0.15, 0.2) is 12.6 Å². The van der Waals surface area contributed by atoms with Crippen LogP contribution in [0, 0.1) is 5.92 Å². The highest BCUT2D eigenvalue weighted by atomic mass is 16.6. The van der Waals surface area contributed by atoms with Crippen LogP contribution in [0.5, 0.6) is 0 Å². The van der Waals surface area contributed by atoms with E-state index in [4.69, 9.17) is 4.74 Å². The van der Waals surface area contributed by atoms with Gasteiger partial charge < -0.3 is 19.6 Å². The van der Waals surface area contributed by atoms with Gasteiger partial charge in [-0.2, -0.15) is 0 Å². The lowest BCUT2D eigenvalue weighted by Crippen LogP contribution is -2.66. The molecule has 0 spiro atoms. The maximum Gasteiger partial charge on any atom is 0.348 e. The SMILES string of the molecule is O=C(C[N+]12CCC(CC1)C(OC(=O)C1(O)c3ccccc3Cc3ccccc31)C2)Nc1ccccn1. The summed E-state index contributed by atoms with van der Waals surface area (Å²) in [5.74, 6) is 0.0581. The van der Waals surface area contributed by atoms with E-state index in [0.29, 0.717) is 40.9 Å². The first-order valence-corrected chi connectivity index (χ1v) is 12.6. The summed E-state index contributed by atoms with van der Waals surface area (Å²) >= 11 is 0. The zero-order valence-corrected chi connectivity index (χ0v) is 20.1. The molecule has 3 aromatic rings. The zero-order chi connectivity index (χ0) is 24.8. The maximum atomic E-state index is 13.8. The maximum absolute atomic E-state index is 13.8. The minimum Gasteiger partial charge on any atom is -0.453 e. The van der Waals surface area contributed by atoms with Gasteiger partial charge in [0.2, 0.25) is 5.60 Å². The predicted molar refractivity (Wildman–Crippen MR) is 134 cm³/mol. The van der Waals surface area contributed by atoms with Gasteiger partial charge in [0.05, 0.1) is 13.1 Å². The first-order valence-electron chi connectivity index (χ1n) is 12.6. The fraction of sp³-hybridized carbons (Fsp3) is 0.345. The van der Waals surface area contributed by atoms with E-state index in [0.717, 1.165) is 37.1 Å². The van der Waals surface area contributed by atoms with Crippen LogP contribution in [0.2, 0.25) is 0 Å². The third-order valence-electron chi connectivity index (χ3n) is 8.20. The summed E-state index contributed by atoms with van der Waals surface area (Å²) in [6.45, 7) is 2.65. The zero-order valence-electron chi connectivity index (χ0n) is 20.1. The van der Waals surface area contributed by atoms with Crippen molar-refractivity contribution in [2.75, 3.05) is 31.5 Å². The number of pyridine rings is 1. The van der Waals surface area contributed by atoms with Crippen LogP contribution in [0.25, 0.3) is 0 Å². The van der Waals surface area contributed by atoms with E-state index in [2.05, 4.69) is 10.3 Å². The Morgan fingerprint density at radius 1 is 0.972 bits per heavy atom. The Balaban J connectivity index is 1.23. The molecule has 4 heterocycles. The van der Waals surface area contributed by atoms with Gasteiger partial charge in [-0.05, 0) is 29.7 Å². The fourth-order valence-corrected chi connectivity index (χ4v) is 6.35. The van der Waals surface area contributed by atoms with Crippen LogP contribution in [-0.2, 0) is 26.3 Å². The number of nitrogens with one attached hydrogen (secondary N) is 1. The molecule has 1 amide bonds. The van der Waals surface area contributed by atoms with Crippen molar-refractivity contribution >= 4 is 17.7 Å². The van der Waals surface area contributed by atoms with Crippen LogP contribution >= 0.6 is 0 Å². The lowest BCUT2D eigenvalue weighted by molar-refractivity contribution is -0.939. The summed E-state index contributed by atoms with van der Waals surface area (Å²) in [4.78, 5) is 30.8. The van der Waals surface area contributed by atoms with Gasteiger partial charge in [-0.3, -0.25) is 4.79 Å². The molecule has 7 rings (SSSR count). The molecule has 0 radical (unpaired) electrons. The Hall–Kier alpha value is -3.55. The lowest BCUT2D eigenvalue weighted by Gasteiger charge is -2.51. The van der Waals surface area contributed by atoms with Crippen molar-refractivity contribution < 1.29 is 23.9 Å². The number of amides is 1. The van der Waals surface area contributed by atoms with Crippen molar-refractivity contribution in [1.29, 1.82) is 0 Å². The Bertz CT molecular complexity index is 1260. The van der Waals surface area contributed by atoms with E-state index in [-0.39, 0.29) is 17.9 Å². The van der Waals surface area contributed by atoms with Gasteiger partial charge in [0, 0.05) is 36.1 Å². The summed E-state index contributed by atoms with van der Waals surface area (Å²) in [5.41, 5.74) is 1.19. The Morgan fingerprint density at radius 3 is 2.25 bits per heavy atom. The molecular formula is C29H30N3O4+. The second kappa shape index (κ2) is 8.84. The second-order valence-corrected chi connectivity index (χ2v) is 10.4. The number of rotatable bonds is 5. The van der Waals surface area contributed by atoms with Gasteiger partial charge in [0.25, 0.3) is 5.91 Å². The van der Waals surface area contributed by atoms with Crippen LogP contribution < -0.4 is 5.32 Å². The molecule has 36 heavy (non-hydrogen) atoms. The highest BCUT2D eigenvalue weighted by molar-refractivity contribution is 5.90. The first-order chi connectivity index (χ1) is 17.5. The molecule has 7 heteroatoms. The van der Waals surface area contributed by atoms with Crippen molar-refractivity contribution in [3.63, 3.8) is 0 Å². The molecule has 2 N–H and O–H groups in total. The van der Waals surface area contributed by atoms with Crippen molar-refractivity contribution in [3.05, 3.63) is 95.2 Å². The third-order valence-corrected chi connectivity index (χ3v) is 8.20. The molecule has 3 saturated heterocycles. The van der Waals surface area contributed by atoms with Gasteiger partial charge >= 0.3 is 5.97 Å². The molecule has 1 atom stereocenters. The van der Waals surface area contributed by atoms with E-state index in [1.165, 1.54) is 0 Å². The van der Waals surface area contributed by atoms with Crippen LogP contribution in [0.3, 0.4) is 0 Å².